The molecule has 1 amide bonds. The van der Waals surface area contributed by atoms with Crippen LogP contribution in [0.25, 0.3) is 22.1 Å². The van der Waals surface area contributed by atoms with Crippen molar-refractivity contribution in [2.45, 2.75) is 13.0 Å². The molecule has 0 aliphatic heterocycles. The summed E-state index contributed by atoms with van der Waals surface area (Å²) in [5.74, 6) is -0.115. The number of hydrogen-bond donors (Lipinski definition) is 1. The molecule has 26 heavy (non-hydrogen) atoms. The van der Waals surface area contributed by atoms with Gasteiger partial charge in [0, 0.05) is 48.7 Å². The van der Waals surface area contributed by atoms with Gasteiger partial charge in [-0.15, -0.1) is 0 Å². The van der Waals surface area contributed by atoms with E-state index in [0.29, 0.717) is 17.8 Å². The predicted octanol–water partition coefficient (Wildman–Crippen LogP) is 2.48. The molecule has 0 radical (unpaired) electrons. The Morgan fingerprint density at radius 1 is 1.19 bits per heavy atom. The molecule has 3 heterocycles. The smallest absolute Gasteiger partial charge is 0.226 e. The van der Waals surface area contributed by atoms with Gasteiger partial charge in [-0.05, 0) is 23.8 Å². The van der Waals surface area contributed by atoms with Crippen molar-refractivity contribution in [2.75, 3.05) is 0 Å². The van der Waals surface area contributed by atoms with Crippen LogP contribution in [0.5, 0.6) is 0 Å². The molecule has 130 valence electrons. The topological polar surface area (TPSA) is 85.8 Å². The van der Waals surface area contributed by atoms with Gasteiger partial charge in [-0.25, -0.2) is 0 Å². The summed E-state index contributed by atoms with van der Waals surface area (Å²) in [6.07, 6.45) is 7.41. The molecule has 0 aliphatic rings. The van der Waals surface area contributed by atoms with Crippen molar-refractivity contribution in [3.63, 3.8) is 0 Å². The fourth-order valence-corrected chi connectivity index (χ4v) is 2.79. The summed E-state index contributed by atoms with van der Waals surface area (Å²) in [7, 11) is 1.87. The van der Waals surface area contributed by atoms with Gasteiger partial charge < -0.3 is 9.84 Å². The minimum absolute atomic E-state index is 0.115. The van der Waals surface area contributed by atoms with E-state index in [9.17, 15) is 4.79 Å². The average molecular weight is 347 g/mol. The largest absolute Gasteiger partial charge is 0.356 e. The van der Waals surface area contributed by atoms with Crippen LogP contribution < -0.4 is 5.32 Å². The maximum absolute atomic E-state index is 12.3. The number of benzene rings is 1. The molecule has 0 saturated carbocycles. The molecule has 4 aromatic rings. The van der Waals surface area contributed by atoms with Crippen molar-refractivity contribution >= 4 is 16.9 Å². The van der Waals surface area contributed by atoms with Crippen LogP contribution >= 0.6 is 0 Å². The second-order valence-corrected chi connectivity index (χ2v) is 6.06. The fraction of sp³-hybridized carbons (Fsp3) is 0.158. The first-order chi connectivity index (χ1) is 12.7. The van der Waals surface area contributed by atoms with E-state index in [1.54, 1.807) is 23.3 Å². The highest BCUT2D eigenvalue weighted by molar-refractivity contribution is 5.86. The molecular weight excluding hydrogens is 330 g/mol. The molecule has 0 spiro atoms. The Labute approximate surface area is 149 Å². The Morgan fingerprint density at radius 3 is 2.92 bits per heavy atom. The Kier molecular flexibility index (Phi) is 4.18. The second-order valence-electron chi connectivity index (χ2n) is 6.06. The zero-order valence-electron chi connectivity index (χ0n) is 14.2. The van der Waals surface area contributed by atoms with Crippen molar-refractivity contribution in [2.24, 2.45) is 7.05 Å². The van der Waals surface area contributed by atoms with E-state index < -0.39 is 0 Å². The predicted molar refractivity (Wildman–Crippen MR) is 96.0 cm³/mol. The zero-order valence-corrected chi connectivity index (χ0v) is 14.2. The van der Waals surface area contributed by atoms with E-state index in [1.807, 2.05) is 43.6 Å². The summed E-state index contributed by atoms with van der Waals surface area (Å²) in [6, 6.07) is 9.50. The first-order valence-corrected chi connectivity index (χ1v) is 8.22. The van der Waals surface area contributed by atoms with Crippen LogP contribution in [-0.4, -0.2) is 25.8 Å². The highest BCUT2D eigenvalue weighted by Gasteiger charge is 2.12. The van der Waals surface area contributed by atoms with E-state index in [2.05, 4.69) is 20.6 Å². The van der Waals surface area contributed by atoms with E-state index in [-0.39, 0.29) is 12.3 Å². The number of aromatic nitrogens is 4. The van der Waals surface area contributed by atoms with Crippen molar-refractivity contribution in [3.05, 3.63) is 66.4 Å². The number of para-hydroxylation sites is 1. The van der Waals surface area contributed by atoms with E-state index in [4.69, 9.17) is 4.52 Å². The number of amides is 1. The first-order valence-electron chi connectivity index (χ1n) is 8.22. The van der Waals surface area contributed by atoms with Gasteiger partial charge in [0.25, 0.3) is 0 Å². The minimum Gasteiger partial charge on any atom is -0.356 e. The van der Waals surface area contributed by atoms with Crippen LogP contribution in [0.4, 0.5) is 0 Å². The van der Waals surface area contributed by atoms with Gasteiger partial charge in [-0.3, -0.25) is 14.5 Å². The molecule has 0 saturated heterocycles. The molecule has 7 nitrogen and oxygen atoms in total. The molecular formula is C19H17N5O2. The highest BCUT2D eigenvalue weighted by Crippen LogP contribution is 2.19. The normalized spacial score (nSPS) is 11.0. The molecule has 4 rings (SSSR count). The van der Waals surface area contributed by atoms with Gasteiger partial charge in [0.05, 0.1) is 12.6 Å². The van der Waals surface area contributed by atoms with Crippen molar-refractivity contribution in [3.8, 4) is 11.1 Å². The summed E-state index contributed by atoms with van der Waals surface area (Å²) < 4.78 is 6.97. The van der Waals surface area contributed by atoms with Gasteiger partial charge in [-0.2, -0.15) is 5.10 Å². The fourth-order valence-electron chi connectivity index (χ4n) is 2.79. The highest BCUT2D eigenvalue weighted by atomic mass is 16.5. The number of nitrogens with one attached hydrogen (secondary N) is 1. The van der Waals surface area contributed by atoms with Crippen molar-refractivity contribution < 1.29 is 9.32 Å². The van der Waals surface area contributed by atoms with Gasteiger partial charge in [-0.1, -0.05) is 17.3 Å². The van der Waals surface area contributed by atoms with Crippen LogP contribution in [0.2, 0.25) is 0 Å². The lowest BCUT2D eigenvalue weighted by Gasteiger charge is -2.05. The van der Waals surface area contributed by atoms with E-state index in [1.165, 1.54) is 0 Å². The maximum atomic E-state index is 12.3. The third-order valence-electron chi connectivity index (χ3n) is 4.10. The third kappa shape index (κ3) is 3.32. The SMILES string of the molecule is Cn1cc(-c2cncc(CNC(=O)Cc3noc4ccccc34)c2)cn1. The number of hydrogen-bond acceptors (Lipinski definition) is 5. The lowest BCUT2D eigenvalue weighted by atomic mass is 10.1. The second kappa shape index (κ2) is 6.79. The molecule has 0 bridgehead atoms. The molecule has 1 N–H and O–H groups in total. The number of fused-ring (bicyclic) bond motifs is 1. The molecule has 0 unspecified atom stereocenters. The third-order valence-corrected chi connectivity index (χ3v) is 4.10. The summed E-state index contributed by atoms with van der Waals surface area (Å²) >= 11 is 0. The molecule has 0 atom stereocenters. The molecule has 7 heteroatoms. The summed E-state index contributed by atoms with van der Waals surface area (Å²) in [4.78, 5) is 16.5. The monoisotopic (exact) mass is 347 g/mol. The molecule has 1 aromatic carbocycles. The first kappa shape index (κ1) is 16.0. The Hall–Kier alpha value is -3.48. The number of rotatable bonds is 5. The summed E-state index contributed by atoms with van der Waals surface area (Å²) in [6.45, 7) is 0.399. The van der Waals surface area contributed by atoms with Crippen LogP contribution in [0.3, 0.4) is 0 Å². The van der Waals surface area contributed by atoms with E-state index >= 15 is 0 Å². The van der Waals surface area contributed by atoms with Crippen LogP contribution in [0.15, 0.2) is 59.6 Å². The number of pyridine rings is 1. The minimum atomic E-state index is -0.115. The Balaban J connectivity index is 1.41. The van der Waals surface area contributed by atoms with Gasteiger partial charge in [0.2, 0.25) is 5.91 Å². The molecule has 0 aliphatic carbocycles. The van der Waals surface area contributed by atoms with Gasteiger partial charge in [0.1, 0.15) is 5.69 Å². The van der Waals surface area contributed by atoms with Crippen LogP contribution in [0.1, 0.15) is 11.3 Å². The van der Waals surface area contributed by atoms with E-state index in [0.717, 1.165) is 22.1 Å². The molecule has 0 fully saturated rings. The lowest BCUT2D eigenvalue weighted by molar-refractivity contribution is -0.120. The number of aryl methyl sites for hydroxylation is 1. The average Bonchev–Trinajstić information content (AvgIpc) is 3.27. The number of carbonyl (C=O) groups excluding carboxylic acids is 1. The zero-order chi connectivity index (χ0) is 17.9. The molecule has 3 aromatic heterocycles. The Morgan fingerprint density at radius 2 is 2.08 bits per heavy atom. The lowest BCUT2D eigenvalue weighted by Crippen LogP contribution is -2.24. The number of nitrogens with zero attached hydrogens (tertiary/aromatic N) is 4. The van der Waals surface area contributed by atoms with Crippen LogP contribution in [-0.2, 0) is 24.8 Å². The summed E-state index contributed by atoms with van der Waals surface area (Å²) in [5, 5.41) is 11.9. The van der Waals surface area contributed by atoms with Crippen LogP contribution in [0, 0.1) is 0 Å². The van der Waals surface area contributed by atoms with Crippen molar-refractivity contribution in [1.29, 1.82) is 0 Å². The number of carbonyl (C=O) groups is 1. The standard InChI is InChI=1S/C19H17N5O2/c1-24-12-15(11-22-24)14-6-13(8-20-10-14)9-21-19(25)7-17-16-4-2-3-5-18(16)26-23-17/h2-6,8,10-12H,7,9H2,1H3,(H,21,25). The quantitative estimate of drug-likeness (QED) is 0.599. The summed E-state index contributed by atoms with van der Waals surface area (Å²) in [5.41, 5.74) is 4.20. The maximum Gasteiger partial charge on any atom is 0.226 e. The Bertz CT molecular complexity index is 1070. The van der Waals surface area contributed by atoms with Gasteiger partial charge >= 0.3 is 0 Å². The van der Waals surface area contributed by atoms with Gasteiger partial charge in [0.15, 0.2) is 5.58 Å². The van der Waals surface area contributed by atoms with Crippen molar-refractivity contribution in [1.82, 2.24) is 25.2 Å².